The van der Waals surface area contributed by atoms with Crippen molar-refractivity contribution in [3.8, 4) is 0 Å². The molecule has 4 nitrogen and oxygen atoms in total. The third kappa shape index (κ3) is 6.69. The van der Waals surface area contributed by atoms with Crippen LogP contribution in [0.2, 0.25) is 5.02 Å². The van der Waals surface area contributed by atoms with Gasteiger partial charge in [-0.25, -0.2) is 14.4 Å². The maximum atomic E-state index is 14.4. The molecule has 1 aromatic carbocycles. The molecule has 0 unspecified atom stereocenters. The van der Waals surface area contributed by atoms with Crippen molar-refractivity contribution in [3.63, 3.8) is 0 Å². The van der Waals surface area contributed by atoms with Crippen molar-refractivity contribution in [1.29, 1.82) is 0 Å². The van der Waals surface area contributed by atoms with Crippen molar-refractivity contribution in [1.82, 2.24) is 15.3 Å². The standard InChI is InChI=1S/C24H32ClFN4/c1-3-27-18(2)14-21-9-8-20(15-23(21)26)7-5-4-6-19-10-12-30(13-11-19)24-28-16-22(25)17-29-24/h8-9,15-17,19,27H,2-7,10-14H2,1H3. The molecule has 2 aromatic rings. The summed E-state index contributed by atoms with van der Waals surface area (Å²) in [6.07, 6.45) is 10.6. The molecule has 2 heterocycles. The van der Waals surface area contributed by atoms with E-state index in [0.717, 1.165) is 55.6 Å². The number of halogens is 2. The minimum atomic E-state index is -0.122. The lowest BCUT2D eigenvalue weighted by atomic mass is 9.91. The fraction of sp³-hybridized carbons (Fsp3) is 0.500. The molecule has 6 heteroatoms. The predicted octanol–water partition coefficient (Wildman–Crippen LogP) is 5.56. The monoisotopic (exact) mass is 430 g/mol. The van der Waals surface area contributed by atoms with Crippen LogP contribution in [0.1, 0.15) is 50.2 Å². The summed E-state index contributed by atoms with van der Waals surface area (Å²) in [7, 11) is 0. The summed E-state index contributed by atoms with van der Waals surface area (Å²) in [5.74, 6) is 1.41. The molecular formula is C24H32ClFN4. The molecule has 0 spiro atoms. The molecule has 30 heavy (non-hydrogen) atoms. The van der Waals surface area contributed by atoms with Crippen molar-refractivity contribution in [2.24, 2.45) is 5.92 Å². The van der Waals surface area contributed by atoms with Gasteiger partial charge in [-0.15, -0.1) is 0 Å². The molecule has 162 valence electrons. The molecule has 3 rings (SSSR count). The zero-order valence-corrected chi connectivity index (χ0v) is 18.6. The smallest absolute Gasteiger partial charge is 0.225 e. The number of allylic oxidation sites excluding steroid dienone is 1. The van der Waals surface area contributed by atoms with Gasteiger partial charge in [0.15, 0.2) is 0 Å². The van der Waals surface area contributed by atoms with E-state index in [1.165, 1.54) is 25.7 Å². The molecule has 0 atom stereocenters. The van der Waals surface area contributed by atoms with Crippen LogP contribution >= 0.6 is 11.6 Å². The van der Waals surface area contributed by atoms with E-state index in [2.05, 4.69) is 32.8 Å². The SMILES string of the molecule is C=C(Cc1ccc(CCCCC2CCN(c3ncc(Cl)cn3)CC2)cc1F)NCC. The molecule has 1 saturated heterocycles. The Bertz CT molecular complexity index is 816. The highest BCUT2D eigenvalue weighted by Crippen LogP contribution is 2.25. The van der Waals surface area contributed by atoms with Gasteiger partial charge < -0.3 is 10.2 Å². The quantitative estimate of drug-likeness (QED) is 0.500. The minimum absolute atomic E-state index is 0.122. The number of benzene rings is 1. The zero-order chi connectivity index (χ0) is 21.3. The number of unbranched alkanes of at least 4 members (excludes halogenated alkanes) is 1. The van der Waals surface area contributed by atoms with Gasteiger partial charge in [0.1, 0.15) is 5.82 Å². The third-order valence-electron chi connectivity index (χ3n) is 5.78. The van der Waals surface area contributed by atoms with Gasteiger partial charge in [-0.2, -0.15) is 0 Å². The first-order chi connectivity index (χ1) is 14.5. The van der Waals surface area contributed by atoms with Gasteiger partial charge in [0, 0.05) is 31.8 Å². The van der Waals surface area contributed by atoms with Crippen molar-refractivity contribution in [3.05, 3.63) is 64.8 Å². The van der Waals surface area contributed by atoms with Gasteiger partial charge in [-0.05, 0) is 55.7 Å². The summed E-state index contributed by atoms with van der Waals surface area (Å²) in [5.41, 5.74) is 2.65. The lowest BCUT2D eigenvalue weighted by molar-refractivity contribution is 0.367. The van der Waals surface area contributed by atoms with Crippen LogP contribution in [0.25, 0.3) is 0 Å². The van der Waals surface area contributed by atoms with Crippen LogP contribution in [0.5, 0.6) is 0 Å². The highest BCUT2D eigenvalue weighted by Gasteiger charge is 2.20. The molecule has 1 aliphatic heterocycles. The van der Waals surface area contributed by atoms with E-state index in [0.29, 0.717) is 17.0 Å². The molecule has 0 bridgehead atoms. The number of likely N-dealkylation sites (N-methyl/N-ethyl adjacent to an activating group) is 1. The fourth-order valence-electron chi connectivity index (χ4n) is 4.08. The van der Waals surface area contributed by atoms with Gasteiger partial charge in [0.05, 0.1) is 17.4 Å². The van der Waals surface area contributed by atoms with Gasteiger partial charge in [0.2, 0.25) is 5.95 Å². The first-order valence-electron chi connectivity index (χ1n) is 11.0. The average molecular weight is 431 g/mol. The molecule has 1 aromatic heterocycles. The molecule has 0 radical (unpaired) electrons. The Morgan fingerprint density at radius 2 is 1.97 bits per heavy atom. The summed E-state index contributed by atoms with van der Waals surface area (Å²) in [5, 5.41) is 3.72. The van der Waals surface area contributed by atoms with Crippen molar-refractivity contribution >= 4 is 17.5 Å². The molecule has 0 aliphatic carbocycles. The van der Waals surface area contributed by atoms with Crippen molar-refractivity contribution in [2.45, 2.75) is 51.9 Å². The summed E-state index contributed by atoms with van der Waals surface area (Å²) in [6, 6.07) is 5.66. The highest BCUT2D eigenvalue weighted by atomic mass is 35.5. The van der Waals surface area contributed by atoms with Crippen LogP contribution in [0.3, 0.4) is 0 Å². The van der Waals surface area contributed by atoms with Crippen LogP contribution in [0.15, 0.2) is 42.9 Å². The zero-order valence-electron chi connectivity index (χ0n) is 17.8. The maximum absolute atomic E-state index is 14.4. The Hall–Kier alpha value is -2.14. The number of anilines is 1. The summed E-state index contributed by atoms with van der Waals surface area (Å²) in [4.78, 5) is 10.9. The van der Waals surface area contributed by atoms with E-state index >= 15 is 0 Å². The van der Waals surface area contributed by atoms with E-state index in [4.69, 9.17) is 11.6 Å². The highest BCUT2D eigenvalue weighted by molar-refractivity contribution is 6.30. The van der Waals surface area contributed by atoms with E-state index in [1.54, 1.807) is 18.5 Å². The number of hydrogen-bond acceptors (Lipinski definition) is 4. The molecule has 1 aliphatic rings. The Kier molecular flexibility index (Phi) is 8.50. The van der Waals surface area contributed by atoms with Crippen LogP contribution < -0.4 is 10.2 Å². The Morgan fingerprint density at radius 1 is 1.23 bits per heavy atom. The molecule has 0 amide bonds. The molecule has 1 N–H and O–H groups in total. The van der Waals surface area contributed by atoms with Crippen molar-refractivity contribution < 1.29 is 4.39 Å². The number of aromatic nitrogens is 2. The number of hydrogen-bond donors (Lipinski definition) is 1. The lowest BCUT2D eigenvalue weighted by Crippen LogP contribution is -2.34. The van der Waals surface area contributed by atoms with E-state index < -0.39 is 0 Å². The summed E-state index contributed by atoms with van der Waals surface area (Å²) < 4.78 is 14.4. The second-order valence-electron chi connectivity index (χ2n) is 8.11. The van der Waals surface area contributed by atoms with Gasteiger partial charge in [-0.1, -0.05) is 43.2 Å². The number of piperidine rings is 1. The Morgan fingerprint density at radius 3 is 2.63 bits per heavy atom. The predicted molar refractivity (Wildman–Crippen MR) is 122 cm³/mol. The van der Waals surface area contributed by atoms with Crippen LogP contribution in [-0.2, 0) is 12.8 Å². The molecular weight excluding hydrogens is 399 g/mol. The molecule has 0 saturated carbocycles. The minimum Gasteiger partial charge on any atom is -0.389 e. The Balaban J connectivity index is 1.36. The molecule has 1 fully saturated rings. The van der Waals surface area contributed by atoms with Crippen LogP contribution in [-0.4, -0.2) is 29.6 Å². The fourth-order valence-corrected chi connectivity index (χ4v) is 4.18. The first kappa shape index (κ1) is 22.5. The van der Waals surface area contributed by atoms with Gasteiger partial charge >= 0.3 is 0 Å². The normalized spacial score (nSPS) is 14.7. The summed E-state index contributed by atoms with van der Waals surface area (Å²) in [6.45, 7) is 8.76. The number of nitrogens with zero attached hydrogens (tertiary/aromatic N) is 3. The van der Waals surface area contributed by atoms with Gasteiger partial charge in [-0.3, -0.25) is 0 Å². The first-order valence-corrected chi connectivity index (χ1v) is 11.3. The number of nitrogens with one attached hydrogen (secondary N) is 1. The third-order valence-corrected chi connectivity index (χ3v) is 5.98. The second-order valence-corrected chi connectivity index (χ2v) is 8.55. The van der Waals surface area contributed by atoms with Gasteiger partial charge in [0.25, 0.3) is 0 Å². The average Bonchev–Trinajstić information content (AvgIpc) is 2.74. The number of aryl methyl sites for hydroxylation is 1. The Labute approximate surface area is 184 Å². The van der Waals surface area contributed by atoms with E-state index in [9.17, 15) is 4.39 Å². The topological polar surface area (TPSA) is 41.1 Å². The summed E-state index contributed by atoms with van der Waals surface area (Å²) >= 11 is 5.87. The maximum Gasteiger partial charge on any atom is 0.225 e. The van der Waals surface area contributed by atoms with E-state index in [1.807, 2.05) is 13.0 Å². The largest absolute Gasteiger partial charge is 0.389 e. The van der Waals surface area contributed by atoms with Crippen LogP contribution in [0.4, 0.5) is 10.3 Å². The van der Waals surface area contributed by atoms with Crippen molar-refractivity contribution in [2.75, 3.05) is 24.5 Å². The lowest BCUT2D eigenvalue weighted by Gasteiger charge is -2.32. The van der Waals surface area contributed by atoms with E-state index in [-0.39, 0.29) is 5.82 Å². The second kappa shape index (κ2) is 11.3. The number of rotatable bonds is 10. The van der Waals surface area contributed by atoms with Crippen LogP contribution in [0, 0.1) is 11.7 Å².